The van der Waals surface area contributed by atoms with Crippen LogP contribution in [0.2, 0.25) is 0 Å². The first-order valence-corrected chi connectivity index (χ1v) is 11.5. The van der Waals surface area contributed by atoms with E-state index in [0.717, 1.165) is 12.1 Å². The molecule has 1 atom stereocenters. The first-order chi connectivity index (χ1) is 15.1. The van der Waals surface area contributed by atoms with Crippen LogP contribution in [0.3, 0.4) is 0 Å². The Morgan fingerprint density at radius 3 is 2.06 bits per heavy atom. The molecule has 0 heterocycles. The van der Waals surface area contributed by atoms with Crippen molar-refractivity contribution in [2.45, 2.75) is 15.8 Å². The van der Waals surface area contributed by atoms with Crippen LogP contribution in [-0.2, 0) is 25.0 Å². The lowest BCUT2D eigenvalue weighted by molar-refractivity contribution is -0.138. The van der Waals surface area contributed by atoms with Crippen molar-refractivity contribution in [3.63, 3.8) is 0 Å². The number of carbonyl (C=O) groups is 2. The molecule has 9 N–H and O–H groups in total. The highest BCUT2D eigenvalue weighted by molar-refractivity contribution is 7.86. The highest BCUT2D eigenvalue weighted by Crippen LogP contribution is 2.27. The van der Waals surface area contributed by atoms with Crippen LogP contribution < -0.4 is 26.8 Å². The number of carbonyl (C=O) groups excluding carboxylic acids is 1. The molecule has 0 unspecified atom stereocenters. The number of nitrogen functional groups attached to an aromatic ring is 1. The largest absolute Gasteiger partial charge is 0.495 e. The molecule has 0 aliphatic heterocycles. The highest BCUT2D eigenvalue weighted by atomic mass is 32.2. The zero-order chi connectivity index (χ0) is 25.4. The number of nitrogens with one attached hydrogen (secondary N) is 2. The zero-order valence-electron chi connectivity index (χ0n) is 17.0. The average molecular weight is 507 g/mol. The first kappa shape index (κ1) is 27.6. The molecule has 0 saturated carbocycles. The van der Waals surface area contributed by atoms with Crippen LogP contribution in [0, 0.1) is 0 Å². The summed E-state index contributed by atoms with van der Waals surface area (Å²) in [6, 6.07) is 6.68. The third-order valence-electron chi connectivity index (χ3n) is 3.67. The summed E-state index contributed by atoms with van der Waals surface area (Å²) in [5.74, 6) is -1.14. The van der Waals surface area contributed by atoms with E-state index in [1.807, 2.05) is 0 Å². The van der Waals surface area contributed by atoms with Crippen LogP contribution in [-0.4, -0.2) is 62.7 Å². The minimum absolute atomic E-state index is 0.0287. The summed E-state index contributed by atoms with van der Waals surface area (Å²) in [6.07, 6.45) is 0. The lowest BCUT2D eigenvalue weighted by Gasteiger charge is -2.13. The number of carboxylic acids is 1. The van der Waals surface area contributed by atoms with Gasteiger partial charge in [0.1, 0.15) is 11.8 Å². The quantitative estimate of drug-likeness (QED) is 0.193. The summed E-state index contributed by atoms with van der Waals surface area (Å²) >= 11 is 0. The highest BCUT2D eigenvalue weighted by Gasteiger charge is 2.16. The van der Waals surface area contributed by atoms with Crippen LogP contribution in [0.1, 0.15) is 0 Å². The van der Waals surface area contributed by atoms with E-state index in [0.29, 0.717) is 5.69 Å². The van der Waals surface area contributed by atoms with E-state index >= 15 is 0 Å². The van der Waals surface area contributed by atoms with Crippen LogP contribution in [0.25, 0.3) is 0 Å². The Labute approximate surface area is 189 Å². The van der Waals surface area contributed by atoms with Gasteiger partial charge in [0.2, 0.25) is 0 Å². The van der Waals surface area contributed by atoms with E-state index in [1.165, 1.54) is 37.4 Å². The maximum atomic E-state index is 11.6. The fourth-order valence-electron chi connectivity index (χ4n) is 2.08. The van der Waals surface area contributed by atoms with Gasteiger partial charge in [-0.3, -0.25) is 13.9 Å². The summed E-state index contributed by atoms with van der Waals surface area (Å²) in [5, 5.41) is 13.0. The van der Waals surface area contributed by atoms with E-state index in [4.69, 9.17) is 30.4 Å². The molecule has 0 aromatic heterocycles. The van der Waals surface area contributed by atoms with Gasteiger partial charge in [-0.1, -0.05) is 6.07 Å². The van der Waals surface area contributed by atoms with Crippen molar-refractivity contribution in [3.8, 4) is 5.75 Å². The molecule has 0 radical (unpaired) electrons. The number of anilines is 2. The van der Waals surface area contributed by atoms with Gasteiger partial charge in [0, 0.05) is 12.2 Å². The number of aliphatic carboxylic acids is 1. The number of benzene rings is 2. The Morgan fingerprint density at radius 1 is 1.03 bits per heavy atom. The van der Waals surface area contributed by atoms with Crippen molar-refractivity contribution in [1.82, 2.24) is 5.32 Å². The molecule has 0 aliphatic rings. The van der Waals surface area contributed by atoms with E-state index in [2.05, 4.69) is 10.6 Å². The van der Waals surface area contributed by atoms with Crippen molar-refractivity contribution >= 4 is 43.6 Å². The van der Waals surface area contributed by atoms with Gasteiger partial charge in [0.25, 0.3) is 20.2 Å². The Kier molecular flexibility index (Phi) is 9.56. The molecule has 0 bridgehead atoms. The lowest BCUT2D eigenvalue weighted by atomic mass is 10.3. The summed E-state index contributed by atoms with van der Waals surface area (Å²) in [7, 11) is -7.26. The average Bonchev–Trinajstić information content (AvgIpc) is 2.71. The molecule has 2 aromatic carbocycles. The fourth-order valence-corrected chi connectivity index (χ4v) is 3.12. The number of nitrogens with two attached hydrogens (primary N) is 2. The van der Waals surface area contributed by atoms with Gasteiger partial charge in [0.05, 0.1) is 22.6 Å². The van der Waals surface area contributed by atoms with E-state index in [1.54, 1.807) is 0 Å². The lowest BCUT2D eigenvalue weighted by Crippen LogP contribution is -2.43. The Hall–Kier alpha value is -3.44. The van der Waals surface area contributed by atoms with Gasteiger partial charge in [-0.2, -0.15) is 16.8 Å². The minimum Gasteiger partial charge on any atom is -0.495 e. The molecular formula is C17H22N4O10S2. The van der Waals surface area contributed by atoms with Crippen LogP contribution >= 0.6 is 0 Å². The van der Waals surface area contributed by atoms with E-state index in [9.17, 15) is 26.4 Å². The monoisotopic (exact) mass is 506 g/mol. The minimum atomic E-state index is -4.45. The van der Waals surface area contributed by atoms with Crippen molar-refractivity contribution in [2.24, 2.45) is 5.73 Å². The molecule has 0 spiro atoms. The number of carboxylic acid groups (broad SMARTS) is 1. The topological polar surface area (TPSA) is 248 Å². The predicted octanol–water partition coefficient (Wildman–Crippen LogP) is -0.00920. The van der Waals surface area contributed by atoms with Crippen molar-refractivity contribution in [2.75, 3.05) is 24.7 Å². The fraction of sp³-hybridized carbons (Fsp3) is 0.176. The summed E-state index contributed by atoms with van der Waals surface area (Å²) in [5.41, 5.74) is 10.8. The molecule has 2 aromatic rings. The van der Waals surface area contributed by atoms with Gasteiger partial charge in [-0.25, -0.2) is 4.79 Å². The third kappa shape index (κ3) is 9.29. The molecule has 2 amide bonds. The maximum Gasteiger partial charge on any atom is 0.322 e. The Bertz CT molecular complexity index is 1220. The number of ether oxygens (including phenoxy) is 1. The number of methoxy groups -OCH3 is 1. The Morgan fingerprint density at radius 2 is 1.61 bits per heavy atom. The number of hydrogen-bond acceptors (Lipinski definition) is 9. The maximum absolute atomic E-state index is 11.6. The SMILES string of the molecule is COc1ccc(S(=O)(=O)O)cc1NC(=O)NC[C@H](N)C(=O)O.Nc1cccc(S(=O)(=O)O)c1. The summed E-state index contributed by atoms with van der Waals surface area (Å²) < 4.78 is 65.5. The molecule has 0 saturated heterocycles. The van der Waals surface area contributed by atoms with E-state index in [-0.39, 0.29) is 22.9 Å². The third-order valence-corrected chi connectivity index (χ3v) is 5.37. The van der Waals surface area contributed by atoms with Gasteiger partial charge < -0.3 is 31.9 Å². The normalized spacial score (nSPS) is 12.0. The Balaban J connectivity index is 0.000000412. The van der Waals surface area contributed by atoms with Crippen LogP contribution in [0.4, 0.5) is 16.2 Å². The number of urea groups is 1. The summed E-state index contributed by atoms with van der Waals surface area (Å²) in [6.45, 7) is -0.332. The smallest absolute Gasteiger partial charge is 0.322 e. The standard InChI is InChI=1S/C11H15N3O7S.C6H7NO3S/c1-21-9-3-2-6(22(18,19)20)4-8(9)14-11(17)13-5-7(12)10(15)16;7-5-2-1-3-6(4-5)11(8,9)10/h2-4,7H,5,12H2,1H3,(H,15,16)(H2,13,14,17)(H,18,19,20);1-4H,7H2,(H,8,9,10)/t7-;/m0./s1. The molecule has 14 nitrogen and oxygen atoms in total. The van der Waals surface area contributed by atoms with Gasteiger partial charge in [0.15, 0.2) is 0 Å². The molecule has 16 heteroatoms. The first-order valence-electron chi connectivity index (χ1n) is 8.67. The number of amides is 2. The van der Waals surface area contributed by atoms with Gasteiger partial charge in [-0.05, 0) is 36.4 Å². The summed E-state index contributed by atoms with van der Waals surface area (Å²) in [4.78, 5) is 21.5. The van der Waals surface area contributed by atoms with Crippen molar-refractivity contribution in [1.29, 1.82) is 0 Å². The van der Waals surface area contributed by atoms with Gasteiger partial charge >= 0.3 is 12.0 Å². The van der Waals surface area contributed by atoms with E-state index < -0.39 is 43.2 Å². The molecule has 182 valence electrons. The second kappa shape index (κ2) is 11.4. The second-order valence-electron chi connectivity index (χ2n) is 6.16. The molecular weight excluding hydrogens is 484 g/mol. The van der Waals surface area contributed by atoms with Crippen molar-refractivity contribution in [3.05, 3.63) is 42.5 Å². The molecule has 0 aliphatic carbocycles. The predicted molar refractivity (Wildman–Crippen MR) is 116 cm³/mol. The molecule has 2 rings (SSSR count). The van der Waals surface area contributed by atoms with Crippen LogP contribution in [0.15, 0.2) is 52.3 Å². The number of rotatable bonds is 7. The molecule has 33 heavy (non-hydrogen) atoms. The second-order valence-corrected chi connectivity index (χ2v) is 9.01. The van der Waals surface area contributed by atoms with Crippen LogP contribution in [0.5, 0.6) is 5.75 Å². The zero-order valence-corrected chi connectivity index (χ0v) is 18.6. The van der Waals surface area contributed by atoms with Gasteiger partial charge in [-0.15, -0.1) is 0 Å². The number of hydrogen-bond donors (Lipinski definition) is 7. The molecule has 0 fully saturated rings. The van der Waals surface area contributed by atoms with Crippen molar-refractivity contribution < 1.29 is 45.4 Å².